The number of aromatic carboxylic acids is 1. The summed E-state index contributed by atoms with van der Waals surface area (Å²) in [6.45, 7) is 0. The third kappa shape index (κ3) is 3.49. The molecule has 0 unspecified atom stereocenters. The van der Waals surface area contributed by atoms with Crippen LogP contribution < -0.4 is 4.74 Å². The van der Waals surface area contributed by atoms with E-state index < -0.39 is 22.6 Å². The average molecular weight is 424 g/mol. The minimum absolute atomic E-state index is 0.0128. The average Bonchev–Trinajstić information content (AvgIpc) is 2.72. The van der Waals surface area contributed by atoms with Gasteiger partial charge in [0.05, 0.1) is 10.4 Å². The second kappa shape index (κ2) is 7.37. The van der Waals surface area contributed by atoms with Crippen molar-refractivity contribution in [3.63, 3.8) is 0 Å². The Bertz CT molecular complexity index is 1370. The number of hydrogen-bond acceptors (Lipinski definition) is 7. The fraction of sp³-hybridized carbons (Fsp3) is 0. The molecule has 0 saturated carbocycles. The number of pyridine rings is 2. The number of fused-ring (bicyclic) bond motifs is 2. The van der Waals surface area contributed by atoms with E-state index in [1.165, 1.54) is 30.3 Å². The number of carbonyl (C=O) groups excluding carboxylic acids is 1. The van der Waals surface area contributed by atoms with Gasteiger partial charge in [0.1, 0.15) is 11.2 Å². The highest BCUT2D eigenvalue weighted by Gasteiger charge is 2.21. The molecular formula is C20H10ClN3O6. The number of para-hydroxylation sites is 1. The van der Waals surface area contributed by atoms with Crippen LogP contribution in [-0.2, 0) is 0 Å². The first kappa shape index (κ1) is 19.2. The SMILES string of the molecule is O=C(Oc1cc2cc(Cl)ccc2nc1C(=O)O)c1ccc2cccc([N+](=O)[O-])c2n1. The van der Waals surface area contributed by atoms with E-state index in [0.29, 0.717) is 21.3 Å². The zero-order valence-electron chi connectivity index (χ0n) is 14.9. The summed E-state index contributed by atoms with van der Waals surface area (Å²) in [5, 5.41) is 22.0. The number of carboxylic acids is 1. The number of ether oxygens (including phenoxy) is 1. The van der Waals surface area contributed by atoms with E-state index in [9.17, 15) is 24.8 Å². The van der Waals surface area contributed by atoms with Crippen molar-refractivity contribution in [3.8, 4) is 5.75 Å². The number of rotatable bonds is 4. The molecule has 30 heavy (non-hydrogen) atoms. The van der Waals surface area contributed by atoms with Crippen molar-refractivity contribution in [3.05, 3.63) is 81.1 Å². The van der Waals surface area contributed by atoms with E-state index in [1.807, 2.05) is 0 Å². The predicted molar refractivity (Wildman–Crippen MR) is 107 cm³/mol. The van der Waals surface area contributed by atoms with Gasteiger partial charge in [0.25, 0.3) is 5.69 Å². The van der Waals surface area contributed by atoms with Crippen LogP contribution in [0.25, 0.3) is 21.8 Å². The number of halogens is 1. The van der Waals surface area contributed by atoms with Gasteiger partial charge in [0, 0.05) is 21.9 Å². The van der Waals surface area contributed by atoms with E-state index in [0.717, 1.165) is 0 Å². The van der Waals surface area contributed by atoms with Gasteiger partial charge in [0.2, 0.25) is 0 Å². The molecule has 0 bridgehead atoms. The van der Waals surface area contributed by atoms with Crippen LogP contribution in [0.2, 0.25) is 5.02 Å². The highest BCUT2D eigenvalue weighted by Crippen LogP contribution is 2.27. The number of nitro benzene ring substituents is 1. The molecule has 0 aliphatic carbocycles. The van der Waals surface area contributed by atoms with Gasteiger partial charge in [0.15, 0.2) is 11.4 Å². The Kier molecular flexibility index (Phi) is 4.72. The maximum Gasteiger partial charge on any atom is 0.362 e. The van der Waals surface area contributed by atoms with E-state index in [1.54, 1.807) is 24.3 Å². The Morgan fingerprint density at radius 3 is 2.57 bits per heavy atom. The lowest BCUT2D eigenvalue weighted by atomic mass is 10.1. The monoisotopic (exact) mass is 423 g/mol. The second-order valence-electron chi connectivity index (χ2n) is 6.17. The van der Waals surface area contributed by atoms with Crippen molar-refractivity contribution in [1.82, 2.24) is 9.97 Å². The summed E-state index contributed by atoms with van der Waals surface area (Å²) in [6, 6.07) is 13.2. The third-order valence-corrected chi connectivity index (χ3v) is 4.49. The molecule has 0 aliphatic heterocycles. The van der Waals surface area contributed by atoms with Crippen molar-refractivity contribution in [2.24, 2.45) is 0 Å². The van der Waals surface area contributed by atoms with Gasteiger partial charge in [-0.25, -0.2) is 19.6 Å². The topological polar surface area (TPSA) is 133 Å². The van der Waals surface area contributed by atoms with E-state index >= 15 is 0 Å². The van der Waals surface area contributed by atoms with Crippen LogP contribution >= 0.6 is 11.6 Å². The van der Waals surface area contributed by atoms with Gasteiger partial charge in [-0.1, -0.05) is 29.8 Å². The van der Waals surface area contributed by atoms with Crippen molar-refractivity contribution >= 4 is 51.0 Å². The standard InChI is InChI=1S/C20H10ClN3O6/c21-12-5-7-13-11(8-12)9-16(18(22-13)19(25)26)30-20(27)14-6-4-10-2-1-3-15(24(28)29)17(10)23-14/h1-9H,(H,25,26). The molecule has 2 aromatic heterocycles. The number of nitrogens with zero attached hydrogens (tertiary/aromatic N) is 3. The molecule has 0 atom stereocenters. The molecule has 2 heterocycles. The van der Waals surface area contributed by atoms with Crippen LogP contribution in [0.1, 0.15) is 21.0 Å². The summed E-state index contributed by atoms with van der Waals surface area (Å²) < 4.78 is 5.23. The Balaban J connectivity index is 1.77. The van der Waals surface area contributed by atoms with Gasteiger partial charge in [-0.3, -0.25) is 10.1 Å². The second-order valence-corrected chi connectivity index (χ2v) is 6.61. The predicted octanol–water partition coefficient (Wildman–Crippen LogP) is 4.26. The Morgan fingerprint density at radius 2 is 1.83 bits per heavy atom. The molecule has 0 amide bonds. The maximum atomic E-state index is 12.6. The number of non-ortho nitro benzene ring substituents is 1. The van der Waals surface area contributed by atoms with Gasteiger partial charge in [-0.15, -0.1) is 0 Å². The molecule has 0 spiro atoms. The molecule has 0 saturated heterocycles. The van der Waals surface area contributed by atoms with Crippen molar-refractivity contribution < 1.29 is 24.4 Å². The summed E-state index contributed by atoms with van der Waals surface area (Å²) >= 11 is 5.95. The number of aromatic nitrogens is 2. The number of benzene rings is 2. The van der Waals surface area contributed by atoms with Crippen LogP contribution in [0.4, 0.5) is 5.69 Å². The van der Waals surface area contributed by atoms with E-state index in [4.69, 9.17) is 16.3 Å². The van der Waals surface area contributed by atoms with Gasteiger partial charge in [-0.2, -0.15) is 0 Å². The molecule has 1 N–H and O–H groups in total. The van der Waals surface area contributed by atoms with Crippen molar-refractivity contribution in [1.29, 1.82) is 0 Å². The first-order valence-corrected chi connectivity index (χ1v) is 8.81. The van der Waals surface area contributed by atoms with Crippen LogP contribution in [0.15, 0.2) is 54.6 Å². The van der Waals surface area contributed by atoms with Crippen LogP contribution in [0, 0.1) is 10.1 Å². The minimum atomic E-state index is -1.39. The van der Waals surface area contributed by atoms with E-state index in [-0.39, 0.29) is 22.6 Å². The highest BCUT2D eigenvalue weighted by molar-refractivity contribution is 6.31. The van der Waals surface area contributed by atoms with Crippen LogP contribution in [-0.4, -0.2) is 31.9 Å². The normalized spacial score (nSPS) is 10.8. The molecule has 0 radical (unpaired) electrons. The molecule has 4 aromatic rings. The van der Waals surface area contributed by atoms with Crippen molar-refractivity contribution in [2.45, 2.75) is 0 Å². The van der Waals surface area contributed by atoms with Crippen molar-refractivity contribution in [2.75, 3.05) is 0 Å². The van der Waals surface area contributed by atoms with Crippen LogP contribution in [0.3, 0.4) is 0 Å². The molecular weight excluding hydrogens is 414 g/mol. The smallest absolute Gasteiger partial charge is 0.362 e. The number of hydrogen-bond donors (Lipinski definition) is 1. The number of carbonyl (C=O) groups is 2. The Labute approximate surface area is 172 Å². The summed E-state index contributed by atoms with van der Waals surface area (Å²) in [4.78, 5) is 42.8. The summed E-state index contributed by atoms with van der Waals surface area (Å²) in [5.74, 6) is -2.68. The minimum Gasteiger partial charge on any atom is -0.476 e. The molecule has 0 fully saturated rings. The summed E-state index contributed by atoms with van der Waals surface area (Å²) in [7, 11) is 0. The zero-order valence-corrected chi connectivity index (χ0v) is 15.7. The van der Waals surface area contributed by atoms with Gasteiger partial charge in [-0.05, 0) is 30.3 Å². The number of esters is 1. The van der Waals surface area contributed by atoms with Crippen LogP contribution in [0.5, 0.6) is 5.75 Å². The van der Waals surface area contributed by atoms with Gasteiger partial charge < -0.3 is 9.84 Å². The first-order valence-electron chi connectivity index (χ1n) is 8.43. The van der Waals surface area contributed by atoms with Gasteiger partial charge >= 0.3 is 11.9 Å². The highest BCUT2D eigenvalue weighted by atomic mass is 35.5. The number of carboxylic acid groups (broad SMARTS) is 1. The molecule has 10 heteroatoms. The maximum absolute atomic E-state index is 12.6. The molecule has 148 valence electrons. The zero-order chi connectivity index (χ0) is 21.4. The fourth-order valence-electron chi connectivity index (χ4n) is 2.90. The third-order valence-electron chi connectivity index (χ3n) is 4.25. The van der Waals surface area contributed by atoms with E-state index in [2.05, 4.69) is 9.97 Å². The fourth-order valence-corrected chi connectivity index (χ4v) is 3.08. The lowest BCUT2D eigenvalue weighted by Gasteiger charge is -2.09. The lowest BCUT2D eigenvalue weighted by Crippen LogP contribution is -2.14. The Hall–Kier alpha value is -4.11. The molecule has 4 rings (SSSR count). The number of nitro groups is 1. The lowest BCUT2D eigenvalue weighted by molar-refractivity contribution is -0.383. The molecule has 2 aromatic carbocycles. The Morgan fingerprint density at radius 1 is 1.03 bits per heavy atom. The quantitative estimate of drug-likeness (QED) is 0.292. The molecule has 0 aliphatic rings. The summed E-state index contributed by atoms with van der Waals surface area (Å²) in [5.41, 5.74) is -0.588. The largest absolute Gasteiger partial charge is 0.476 e. The first-order chi connectivity index (χ1) is 14.3. The summed E-state index contributed by atoms with van der Waals surface area (Å²) in [6.07, 6.45) is 0. The molecule has 9 nitrogen and oxygen atoms in total.